The summed E-state index contributed by atoms with van der Waals surface area (Å²) in [7, 11) is 2.81. The lowest BCUT2D eigenvalue weighted by atomic mass is 10.1. The van der Waals surface area contributed by atoms with E-state index in [9.17, 15) is 19.0 Å². The number of aromatic nitrogens is 4. The number of carbonyl (C=O) groups is 1. The second-order valence-corrected chi connectivity index (χ2v) is 15.9. The van der Waals surface area contributed by atoms with E-state index < -0.39 is 77.3 Å². The fourth-order valence-electron chi connectivity index (χ4n) is 6.58. The average molecular weight is 752 g/mol. The minimum absolute atomic E-state index is 0.155. The van der Waals surface area contributed by atoms with Gasteiger partial charge < -0.3 is 47.1 Å². The van der Waals surface area contributed by atoms with Crippen molar-refractivity contribution < 1.29 is 51.0 Å². The quantitative estimate of drug-likeness (QED) is 0.222. The summed E-state index contributed by atoms with van der Waals surface area (Å²) in [6.45, 7) is -1.30. The molecule has 22 heteroatoms. The van der Waals surface area contributed by atoms with Gasteiger partial charge in [0.2, 0.25) is 21.0 Å². The predicted molar refractivity (Wildman–Crippen MR) is 174 cm³/mol. The van der Waals surface area contributed by atoms with Gasteiger partial charge in [0, 0.05) is 24.2 Å². The van der Waals surface area contributed by atoms with Crippen molar-refractivity contribution in [3.05, 3.63) is 52.5 Å². The number of fused-ring (bicyclic) bond motifs is 3. The van der Waals surface area contributed by atoms with Crippen LogP contribution in [0.15, 0.2) is 36.9 Å². The maximum absolute atomic E-state index is 16.1. The molecule has 0 spiro atoms. The van der Waals surface area contributed by atoms with Gasteiger partial charge in [0.1, 0.15) is 36.2 Å². The van der Waals surface area contributed by atoms with Crippen molar-refractivity contribution in [1.29, 1.82) is 0 Å². The molecule has 8 rings (SSSR count). The van der Waals surface area contributed by atoms with Crippen LogP contribution in [0.4, 0.5) is 10.1 Å². The molecule has 4 aromatic rings. The maximum atomic E-state index is 16.1. The molecule has 2 N–H and O–H groups in total. The molecular formula is C27H24B2Cl2FN5O10P2. The number of benzene rings is 1. The first-order chi connectivity index (χ1) is 23.3. The third-order valence-electron chi connectivity index (χ3n) is 8.80. The Labute approximate surface area is 289 Å². The molecule has 49 heavy (non-hydrogen) atoms. The fraction of sp³-hybridized carbons (Fsp3) is 0.444. The first-order valence-corrected chi connectivity index (χ1v) is 18.9. The van der Waals surface area contributed by atoms with Gasteiger partial charge in [-0.05, 0) is 30.2 Å². The normalized spacial score (nSPS) is 36.9. The van der Waals surface area contributed by atoms with Crippen LogP contribution in [-0.2, 0) is 47.9 Å². The average Bonchev–Trinajstić information content (AvgIpc) is 3.75. The van der Waals surface area contributed by atoms with Crippen LogP contribution in [0.1, 0.15) is 24.4 Å². The zero-order valence-corrected chi connectivity index (χ0v) is 28.3. The smallest absolute Gasteiger partial charge is 0.264 e. The van der Waals surface area contributed by atoms with Gasteiger partial charge in [0.05, 0.1) is 46.3 Å². The summed E-state index contributed by atoms with van der Waals surface area (Å²) < 4.78 is 80.0. The number of aliphatic hydroxyl groups is 1. The highest BCUT2D eigenvalue weighted by molar-refractivity contribution is 7.79. The van der Waals surface area contributed by atoms with Crippen LogP contribution in [0.5, 0.6) is 0 Å². The first-order valence-electron chi connectivity index (χ1n) is 14.9. The zero-order valence-electron chi connectivity index (χ0n) is 25.0. The molecule has 0 saturated carbocycles. The SMILES string of the molecule is [B]P1(=O)OC[C@H]2O[C@@H](n3cnc4cc(Cl)c(Cl)cc43)C(F)[C@H]2OP([B])(=O)OC[C@H]2O[C@@H](n3cc4c5c(ccnc53)NC(=O)CC4)[C@@H](O)C2O1. The summed E-state index contributed by atoms with van der Waals surface area (Å²) in [6, 6.07) is 4.62. The van der Waals surface area contributed by atoms with Crippen LogP contribution in [0.25, 0.3) is 22.1 Å². The van der Waals surface area contributed by atoms with Gasteiger partial charge in [-0.1, -0.05) is 23.2 Å². The van der Waals surface area contributed by atoms with E-state index in [0.29, 0.717) is 34.2 Å². The fourth-order valence-corrected chi connectivity index (χ4v) is 8.92. The number of rotatable bonds is 2. The lowest BCUT2D eigenvalue weighted by Crippen LogP contribution is -2.38. The number of halogens is 3. The molecule has 3 aromatic heterocycles. The Morgan fingerprint density at radius 2 is 1.63 bits per heavy atom. The number of imidazole rings is 1. The molecule has 0 aliphatic carbocycles. The molecule has 4 aliphatic heterocycles. The zero-order chi connectivity index (χ0) is 34.4. The van der Waals surface area contributed by atoms with E-state index >= 15 is 4.39 Å². The van der Waals surface area contributed by atoms with Gasteiger partial charge in [0.25, 0.3) is 14.9 Å². The summed E-state index contributed by atoms with van der Waals surface area (Å²) in [5.41, 5.74) is 2.44. The first kappa shape index (κ1) is 33.8. The summed E-state index contributed by atoms with van der Waals surface area (Å²) >= 11 is 12.3. The Morgan fingerprint density at radius 1 is 0.959 bits per heavy atom. The largest absolute Gasteiger partial charge is 0.386 e. The van der Waals surface area contributed by atoms with Gasteiger partial charge in [-0.25, -0.2) is 14.4 Å². The molecule has 15 nitrogen and oxygen atoms in total. The molecule has 4 unspecified atom stereocenters. The number of ether oxygens (including phenoxy) is 2. The number of aryl methyl sites for hydroxylation is 1. The van der Waals surface area contributed by atoms with E-state index in [1.54, 1.807) is 16.8 Å². The number of carbonyl (C=O) groups excluding carboxylic acids is 1. The minimum atomic E-state index is -4.57. The minimum Gasteiger partial charge on any atom is -0.386 e. The highest BCUT2D eigenvalue weighted by atomic mass is 35.5. The predicted octanol–water partition coefficient (Wildman–Crippen LogP) is 4.14. The number of alkyl halides is 1. The van der Waals surface area contributed by atoms with Crippen molar-refractivity contribution in [3.8, 4) is 0 Å². The number of nitrogens with one attached hydrogen (secondary N) is 1. The number of nitrogens with zero attached hydrogens (tertiary/aromatic N) is 4. The third-order valence-corrected chi connectivity index (χ3v) is 11.6. The van der Waals surface area contributed by atoms with Crippen molar-refractivity contribution in [2.45, 2.75) is 62.0 Å². The number of amides is 1. The number of anilines is 1. The Morgan fingerprint density at radius 3 is 2.39 bits per heavy atom. The Balaban J connectivity index is 1.08. The van der Waals surface area contributed by atoms with Gasteiger partial charge in [-0.3, -0.25) is 13.9 Å². The number of hydrogen-bond donors (Lipinski definition) is 2. The third kappa shape index (κ3) is 6.08. The molecule has 4 radical (unpaired) electrons. The van der Waals surface area contributed by atoms with Crippen LogP contribution in [0, 0.1) is 0 Å². The highest BCUT2D eigenvalue weighted by Gasteiger charge is 2.53. The highest BCUT2D eigenvalue weighted by Crippen LogP contribution is 2.54. The Hall–Kier alpha value is -2.33. The van der Waals surface area contributed by atoms with Gasteiger partial charge in [0.15, 0.2) is 18.6 Å². The van der Waals surface area contributed by atoms with E-state index in [0.717, 1.165) is 5.56 Å². The second-order valence-electron chi connectivity index (χ2n) is 12.0. The summed E-state index contributed by atoms with van der Waals surface area (Å²) in [5.74, 6) is -0.155. The maximum Gasteiger partial charge on any atom is 0.264 e. The van der Waals surface area contributed by atoms with Crippen molar-refractivity contribution in [1.82, 2.24) is 19.1 Å². The Bertz CT molecular complexity index is 2090. The van der Waals surface area contributed by atoms with Gasteiger partial charge >= 0.3 is 0 Å². The molecular weight excluding hydrogens is 728 g/mol. The lowest BCUT2D eigenvalue weighted by Gasteiger charge is -2.30. The van der Waals surface area contributed by atoms with Gasteiger partial charge in [-0.15, -0.1) is 0 Å². The second kappa shape index (κ2) is 12.4. The monoisotopic (exact) mass is 751 g/mol. The van der Waals surface area contributed by atoms with E-state index in [1.165, 1.54) is 29.2 Å². The van der Waals surface area contributed by atoms with E-state index in [4.69, 9.17) is 65.9 Å². The summed E-state index contributed by atoms with van der Waals surface area (Å²) in [5, 5.41) is 15.4. The van der Waals surface area contributed by atoms with E-state index in [-0.39, 0.29) is 22.4 Å². The lowest BCUT2D eigenvalue weighted by molar-refractivity contribution is -0.116. The van der Waals surface area contributed by atoms with Crippen LogP contribution < -0.4 is 5.32 Å². The van der Waals surface area contributed by atoms with Crippen LogP contribution in [0.3, 0.4) is 0 Å². The van der Waals surface area contributed by atoms with Crippen LogP contribution in [0.2, 0.25) is 10.0 Å². The van der Waals surface area contributed by atoms with Crippen molar-refractivity contribution in [2.24, 2.45) is 0 Å². The van der Waals surface area contributed by atoms with E-state index in [2.05, 4.69) is 15.3 Å². The van der Waals surface area contributed by atoms with Crippen molar-refractivity contribution in [2.75, 3.05) is 18.5 Å². The van der Waals surface area contributed by atoms with Gasteiger partial charge in [-0.2, -0.15) is 0 Å². The van der Waals surface area contributed by atoms with Crippen LogP contribution >= 0.6 is 38.2 Å². The molecule has 0 bridgehead atoms. The molecule has 1 aromatic carbocycles. The Kier molecular flexibility index (Phi) is 8.56. The topological polar surface area (TPSA) is 174 Å². The van der Waals surface area contributed by atoms with Crippen molar-refractivity contribution in [3.63, 3.8) is 0 Å². The molecule has 7 heterocycles. The number of hydrogen-bond acceptors (Lipinski definition) is 12. The van der Waals surface area contributed by atoms with Crippen molar-refractivity contribution >= 4 is 86.9 Å². The number of aliphatic hydroxyl groups excluding tert-OH is 1. The standard InChI is InChI=1S/C27H24B2Cl2FN5O10P2/c28-48(40)43-9-18-24(22(39)27(45-18)36-7-11-1-2-19(38)35-14-3-4-33-25(36)20(11)14)47-49(29,41)42-8-17-23(46-48)21(32)26(44-17)37-10-34-15-5-12(30)13(31)6-16(15)37/h3-7,10,17-18,21-24,26-27,39H,1-2,8-9H2,(H,35,38)/t17-,18-,21?,22+,23+,24?,26-,27-,48?,49?/m1/s1. The molecule has 10 atom stereocenters. The number of pyridine rings is 1. The van der Waals surface area contributed by atoms with E-state index in [1.807, 2.05) is 0 Å². The molecule has 3 saturated heterocycles. The molecule has 1 amide bonds. The molecule has 4 aliphatic rings. The molecule has 254 valence electrons. The summed E-state index contributed by atoms with van der Waals surface area (Å²) in [6.07, 6.45) is -6.92. The molecule has 3 fully saturated rings. The summed E-state index contributed by atoms with van der Waals surface area (Å²) in [4.78, 5) is 20.8. The van der Waals surface area contributed by atoms with Crippen LogP contribution in [-0.4, -0.2) is 95.2 Å².